The number of hydrogen-bond donors (Lipinski definition) is 1. The number of hydrogen-bond acceptors (Lipinski definition) is 8. The first-order valence-corrected chi connectivity index (χ1v) is 20.4. The monoisotopic (exact) mass is 670 g/mol. The molecule has 1 N–H and O–H groups in total. The van der Waals surface area contributed by atoms with Crippen molar-refractivity contribution < 1.29 is 17.6 Å². The van der Waals surface area contributed by atoms with E-state index in [9.17, 15) is 18.5 Å². The predicted molar refractivity (Wildman–Crippen MR) is 177 cm³/mol. The molecule has 1 aromatic carbocycles. The van der Waals surface area contributed by atoms with Crippen LogP contribution in [0, 0.1) is 23.4 Å². The van der Waals surface area contributed by atoms with Crippen molar-refractivity contribution in [2.24, 2.45) is 10.9 Å². The second-order valence-electron chi connectivity index (χ2n) is 13.6. The number of piperidine rings is 1. The molecule has 2 aromatic rings. The van der Waals surface area contributed by atoms with E-state index in [1.807, 2.05) is 13.0 Å². The van der Waals surface area contributed by atoms with E-state index in [4.69, 9.17) is 26.1 Å². The third-order valence-corrected chi connectivity index (χ3v) is 14.5. The summed E-state index contributed by atoms with van der Waals surface area (Å²) in [5.74, 6) is 0.731. The number of carbonyl (C=O) groups is 1. The summed E-state index contributed by atoms with van der Waals surface area (Å²) in [6, 6.07) is 8.53. The highest BCUT2D eigenvalue weighted by molar-refractivity contribution is 7.92. The van der Waals surface area contributed by atoms with Gasteiger partial charge in [-0.3, -0.25) is 9.52 Å². The summed E-state index contributed by atoms with van der Waals surface area (Å²) in [5, 5.41) is 15.1. The topological polar surface area (TPSA) is 133 Å². The van der Waals surface area contributed by atoms with Crippen molar-refractivity contribution >= 4 is 53.2 Å². The first-order chi connectivity index (χ1) is 21.0. The average molecular weight is 671 g/mol. The lowest BCUT2D eigenvalue weighted by atomic mass is 9.98. The minimum atomic E-state index is -3.62. The van der Waals surface area contributed by atoms with Crippen LogP contribution >= 0.6 is 11.6 Å². The lowest BCUT2D eigenvalue weighted by molar-refractivity contribution is 0.0606. The summed E-state index contributed by atoms with van der Waals surface area (Å²) in [4.78, 5) is 22.7. The number of aromatic nitrogens is 2. The van der Waals surface area contributed by atoms with Crippen LogP contribution in [0.4, 0.5) is 11.5 Å². The number of amides is 1. The van der Waals surface area contributed by atoms with Crippen molar-refractivity contribution in [3.63, 3.8) is 0 Å². The molecule has 3 atom stereocenters. The Morgan fingerprint density at radius 3 is 2.62 bits per heavy atom. The van der Waals surface area contributed by atoms with E-state index in [0.717, 1.165) is 30.5 Å². The van der Waals surface area contributed by atoms with Crippen LogP contribution < -0.4 is 4.72 Å². The van der Waals surface area contributed by atoms with E-state index in [2.05, 4.69) is 55.8 Å². The van der Waals surface area contributed by atoms with Gasteiger partial charge in [0.25, 0.3) is 17.6 Å². The summed E-state index contributed by atoms with van der Waals surface area (Å²) in [6.07, 6.45) is 6.57. The van der Waals surface area contributed by atoms with Gasteiger partial charge in [0.2, 0.25) is 10.0 Å². The molecule has 0 bridgehead atoms. The van der Waals surface area contributed by atoms with Gasteiger partial charge < -0.3 is 14.2 Å². The van der Waals surface area contributed by atoms with Crippen LogP contribution in [0.1, 0.15) is 69.1 Å². The maximum Gasteiger partial charge on any atom is 0.275 e. The Balaban J connectivity index is 1.41. The first kappa shape index (κ1) is 33.1. The molecule has 3 aliphatic rings. The fourth-order valence-corrected chi connectivity index (χ4v) is 7.89. The number of likely N-dealkylation sites (tertiary alicyclic amines) is 2. The minimum absolute atomic E-state index is 0.0300. The van der Waals surface area contributed by atoms with Crippen molar-refractivity contribution in [1.82, 2.24) is 19.6 Å². The fraction of sp³-hybridized carbons (Fsp3) is 0.548. The molecule has 4 heterocycles. The number of sulfonamides is 1. The Hall–Kier alpha value is -3.27. The summed E-state index contributed by atoms with van der Waals surface area (Å²) in [7, 11) is -5.70. The summed E-state index contributed by atoms with van der Waals surface area (Å²) in [6.45, 7) is 14.5. The second kappa shape index (κ2) is 12.2. The molecule has 11 nitrogen and oxygen atoms in total. The molecule has 0 unspecified atom stereocenters. The lowest BCUT2D eigenvalue weighted by Gasteiger charge is -2.38. The number of aliphatic imine (C=N–C) groups is 1. The largest absolute Gasteiger partial charge is 0.411 e. The normalized spacial score (nSPS) is 22.2. The molecule has 0 radical (unpaired) electrons. The number of amidine groups is 1. The number of benzene rings is 1. The molecule has 5 rings (SSSR count). The Morgan fingerprint density at radius 1 is 1.22 bits per heavy atom. The van der Waals surface area contributed by atoms with Gasteiger partial charge in [-0.15, -0.1) is 5.10 Å². The van der Waals surface area contributed by atoms with Gasteiger partial charge in [-0.1, -0.05) is 42.0 Å². The van der Waals surface area contributed by atoms with Gasteiger partial charge in [-0.25, -0.2) is 8.42 Å². The number of anilines is 1. The third-order valence-electron chi connectivity index (χ3n) is 9.14. The van der Waals surface area contributed by atoms with Gasteiger partial charge >= 0.3 is 0 Å². The van der Waals surface area contributed by atoms with Crippen molar-refractivity contribution in [3.8, 4) is 6.07 Å². The van der Waals surface area contributed by atoms with Gasteiger partial charge in [0.1, 0.15) is 5.69 Å². The quantitative estimate of drug-likeness (QED) is 0.307. The van der Waals surface area contributed by atoms with Crippen molar-refractivity contribution in [1.29, 1.82) is 5.26 Å². The highest BCUT2D eigenvalue weighted by atomic mass is 35.5. The number of halogens is 1. The number of nitrogens with one attached hydrogen (secondary N) is 1. The minimum Gasteiger partial charge on any atom is -0.411 e. The fourth-order valence-electron chi connectivity index (χ4n) is 5.79. The molecule has 240 valence electrons. The SMILES string of the molecule is CC1=[C+]n2nc([C@@H]3CCCCN3C(=O)c3cc(Cl)ccc3NS(C)(=O)=O)cc2N=C1N1C[C@H](C#N)[C@H](O[Si](C)(C)C(C)(C)C)C1. The van der Waals surface area contributed by atoms with Gasteiger partial charge in [0.05, 0.1) is 60.8 Å². The van der Waals surface area contributed by atoms with E-state index >= 15 is 0 Å². The van der Waals surface area contributed by atoms with Gasteiger partial charge in [-0.05, 0) is 55.6 Å². The second-order valence-corrected chi connectivity index (χ2v) is 20.6. The Labute approximate surface area is 272 Å². The van der Waals surface area contributed by atoms with E-state index in [1.54, 1.807) is 15.6 Å². The van der Waals surface area contributed by atoms with E-state index < -0.39 is 18.3 Å². The van der Waals surface area contributed by atoms with Crippen molar-refractivity contribution in [2.45, 2.75) is 77.2 Å². The zero-order valence-corrected chi connectivity index (χ0v) is 29.5. The van der Waals surface area contributed by atoms with Gasteiger partial charge in [0.15, 0.2) is 20.1 Å². The molecule has 1 amide bonds. The van der Waals surface area contributed by atoms with Gasteiger partial charge in [-0.2, -0.15) is 5.26 Å². The molecule has 2 saturated heterocycles. The van der Waals surface area contributed by atoms with Crippen molar-refractivity contribution in [2.75, 3.05) is 30.6 Å². The van der Waals surface area contributed by atoms with Crippen LogP contribution in [0.5, 0.6) is 0 Å². The molecule has 0 spiro atoms. The van der Waals surface area contributed by atoms with Crippen LogP contribution in [-0.4, -0.2) is 80.1 Å². The highest BCUT2D eigenvalue weighted by Crippen LogP contribution is 2.40. The van der Waals surface area contributed by atoms with E-state index in [-0.39, 0.29) is 40.3 Å². The van der Waals surface area contributed by atoms with E-state index in [1.165, 1.54) is 12.1 Å². The van der Waals surface area contributed by atoms with Crippen LogP contribution in [0.3, 0.4) is 0 Å². The Morgan fingerprint density at radius 2 is 1.96 bits per heavy atom. The van der Waals surface area contributed by atoms with E-state index in [0.29, 0.717) is 42.6 Å². The lowest BCUT2D eigenvalue weighted by Crippen LogP contribution is -2.46. The molecular formula is C31H41ClN7O4SSi+. The Kier molecular flexibility index (Phi) is 8.94. The molecule has 14 heteroatoms. The van der Waals surface area contributed by atoms with Gasteiger partial charge in [0, 0.05) is 18.5 Å². The third kappa shape index (κ3) is 6.95. The molecule has 1 aromatic heterocycles. The summed E-state index contributed by atoms with van der Waals surface area (Å²) >= 11 is 6.24. The zero-order valence-electron chi connectivity index (χ0n) is 26.9. The molecular weight excluding hydrogens is 630 g/mol. The number of carbonyl (C=O) groups excluding carboxylic acids is 1. The average Bonchev–Trinajstić information content (AvgIpc) is 3.54. The Bertz CT molecular complexity index is 1710. The number of nitriles is 1. The standard InChI is InChI=1S/C31H40ClN7O4SSi/c1-20-17-39-28(34-29(20)37-18-21(16-33)27(19-37)43-45(6,7)31(2,3)4)15-25(35-39)26-10-8-9-13-38(26)30(40)23-14-22(32)11-12-24(23)36-44(5,41)42/h11-12,14-15,21,26-27H,8-10,13,18-19H2,1-7H3/p+1/t21-,26-,27+/m0/s1. The summed E-state index contributed by atoms with van der Waals surface area (Å²) < 4.78 is 34.8. The zero-order chi connectivity index (χ0) is 32.9. The first-order valence-electron chi connectivity index (χ1n) is 15.2. The maximum absolute atomic E-state index is 13.9. The predicted octanol–water partition coefficient (Wildman–Crippen LogP) is 5.72. The van der Waals surface area contributed by atoms with Crippen LogP contribution in [0.25, 0.3) is 0 Å². The van der Waals surface area contributed by atoms with Crippen LogP contribution in [0.15, 0.2) is 34.8 Å². The smallest absolute Gasteiger partial charge is 0.275 e. The number of rotatable bonds is 6. The van der Waals surface area contributed by atoms with Crippen LogP contribution in [-0.2, 0) is 14.4 Å². The van der Waals surface area contributed by atoms with Crippen molar-refractivity contribution in [3.05, 3.63) is 52.3 Å². The number of nitrogens with zero attached hydrogens (tertiary/aromatic N) is 6. The molecule has 0 aliphatic carbocycles. The highest BCUT2D eigenvalue weighted by Gasteiger charge is 2.46. The molecule has 3 aliphatic heterocycles. The molecule has 0 saturated carbocycles. The molecule has 2 fully saturated rings. The van der Waals surface area contributed by atoms with Crippen LogP contribution in [0.2, 0.25) is 23.2 Å². The summed E-state index contributed by atoms with van der Waals surface area (Å²) in [5.41, 5.74) is 1.84. The number of fused-ring (bicyclic) bond motifs is 1. The maximum atomic E-state index is 13.9. The molecule has 45 heavy (non-hydrogen) atoms.